The predicted molar refractivity (Wildman–Crippen MR) is 79.8 cm³/mol. The average Bonchev–Trinajstić information content (AvgIpc) is 3.20. The fourth-order valence-corrected chi connectivity index (χ4v) is 3.39. The van der Waals surface area contributed by atoms with Gasteiger partial charge in [0, 0.05) is 12.6 Å². The third-order valence-corrected chi connectivity index (χ3v) is 4.45. The zero-order valence-electron chi connectivity index (χ0n) is 11.8. The van der Waals surface area contributed by atoms with Crippen LogP contribution in [0, 0.1) is 0 Å². The van der Waals surface area contributed by atoms with Gasteiger partial charge in [-0.05, 0) is 25.5 Å². The van der Waals surface area contributed by atoms with Crippen LogP contribution < -0.4 is 5.32 Å². The molecule has 1 fully saturated rings. The lowest BCUT2D eigenvalue weighted by atomic mass is 10.1. The third-order valence-electron chi connectivity index (χ3n) is 3.96. The smallest absolute Gasteiger partial charge is 0.0916 e. The Morgan fingerprint density at radius 1 is 1.45 bits per heavy atom. The first-order chi connectivity index (χ1) is 9.86. The number of likely N-dealkylation sites (N-methyl/N-ethyl adjacent to an activating group) is 1. The van der Waals surface area contributed by atoms with Gasteiger partial charge in [-0.2, -0.15) is 13.8 Å². The van der Waals surface area contributed by atoms with E-state index in [1.807, 2.05) is 6.20 Å². The normalized spacial score (nSPS) is 17.6. The van der Waals surface area contributed by atoms with Gasteiger partial charge in [-0.15, -0.1) is 0 Å². The van der Waals surface area contributed by atoms with Crippen molar-refractivity contribution in [2.45, 2.75) is 51.1 Å². The second-order valence-corrected chi connectivity index (χ2v) is 5.93. The Bertz CT molecular complexity index is 515. The van der Waals surface area contributed by atoms with Crippen molar-refractivity contribution < 1.29 is 0 Å². The molecule has 108 valence electrons. The van der Waals surface area contributed by atoms with Gasteiger partial charge >= 0.3 is 0 Å². The Hall–Kier alpha value is -1.27. The largest absolute Gasteiger partial charge is 0.309 e. The van der Waals surface area contributed by atoms with Crippen LogP contribution in [-0.4, -0.2) is 25.1 Å². The van der Waals surface area contributed by atoms with E-state index in [1.165, 1.54) is 37.4 Å². The Balaban J connectivity index is 1.69. The van der Waals surface area contributed by atoms with E-state index in [-0.39, 0.29) is 6.04 Å². The minimum atomic E-state index is 0.214. The van der Waals surface area contributed by atoms with Gasteiger partial charge in [0.25, 0.3) is 0 Å². The summed E-state index contributed by atoms with van der Waals surface area (Å²) in [5.74, 6) is 0. The van der Waals surface area contributed by atoms with Crippen molar-refractivity contribution in [1.82, 2.24) is 23.8 Å². The average molecular weight is 291 g/mol. The highest BCUT2D eigenvalue weighted by Gasteiger charge is 2.19. The van der Waals surface area contributed by atoms with Crippen molar-refractivity contribution in [1.29, 1.82) is 0 Å². The molecule has 5 nitrogen and oxygen atoms in total. The van der Waals surface area contributed by atoms with Crippen LogP contribution in [0.1, 0.15) is 56.1 Å². The second kappa shape index (κ2) is 6.45. The summed E-state index contributed by atoms with van der Waals surface area (Å²) in [5.41, 5.74) is 2.16. The fraction of sp³-hybridized carbons (Fsp3) is 0.643. The maximum absolute atomic E-state index is 4.76. The van der Waals surface area contributed by atoms with Crippen LogP contribution in [-0.2, 0) is 6.42 Å². The highest BCUT2D eigenvalue weighted by molar-refractivity contribution is 6.99. The standard InChI is InChI=1S/C14H21N5S/c1-2-15-13(14-10-16-20-18-14)9-11-7-8-19(17-11)12-5-3-4-6-12/h7-8,10,12-13,15H,2-6,9H2,1H3. The van der Waals surface area contributed by atoms with Crippen LogP contribution >= 0.6 is 11.7 Å². The summed E-state index contributed by atoms with van der Waals surface area (Å²) in [7, 11) is 0. The van der Waals surface area contributed by atoms with Gasteiger partial charge in [0.05, 0.1) is 41.4 Å². The first kappa shape index (κ1) is 13.7. The lowest BCUT2D eigenvalue weighted by Gasteiger charge is -2.14. The van der Waals surface area contributed by atoms with Crippen LogP contribution in [0.5, 0.6) is 0 Å². The summed E-state index contributed by atoms with van der Waals surface area (Å²) in [6, 6.07) is 2.97. The first-order valence-corrected chi connectivity index (χ1v) is 8.14. The van der Waals surface area contributed by atoms with Gasteiger partial charge in [-0.25, -0.2) is 0 Å². The molecule has 20 heavy (non-hydrogen) atoms. The lowest BCUT2D eigenvalue weighted by molar-refractivity contribution is 0.456. The maximum Gasteiger partial charge on any atom is 0.0916 e. The van der Waals surface area contributed by atoms with Gasteiger partial charge in [0.1, 0.15) is 0 Å². The highest BCUT2D eigenvalue weighted by atomic mass is 32.1. The summed E-state index contributed by atoms with van der Waals surface area (Å²) in [6.45, 7) is 3.04. The predicted octanol–water partition coefficient (Wildman–Crippen LogP) is 2.74. The summed E-state index contributed by atoms with van der Waals surface area (Å²) in [5, 5.41) is 8.22. The minimum absolute atomic E-state index is 0.214. The van der Waals surface area contributed by atoms with E-state index >= 15 is 0 Å². The molecule has 0 aromatic carbocycles. The quantitative estimate of drug-likeness (QED) is 0.889. The van der Waals surface area contributed by atoms with Gasteiger partial charge in [0.15, 0.2) is 0 Å². The molecule has 1 atom stereocenters. The van der Waals surface area contributed by atoms with E-state index in [9.17, 15) is 0 Å². The number of aromatic nitrogens is 4. The van der Waals surface area contributed by atoms with Gasteiger partial charge in [-0.3, -0.25) is 4.68 Å². The van der Waals surface area contributed by atoms with Crippen molar-refractivity contribution in [3.8, 4) is 0 Å². The molecular weight excluding hydrogens is 270 g/mol. The lowest BCUT2D eigenvalue weighted by Crippen LogP contribution is -2.23. The maximum atomic E-state index is 4.76. The van der Waals surface area contributed by atoms with E-state index in [4.69, 9.17) is 5.10 Å². The molecule has 1 aliphatic rings. The number of hydrogen-bond acceptors (Lipinski definition) is 5. The molecule has 0 aliphatic heterocycles. The number of rotatable bonds is 6. The Kier molecular flexibility index (Phi) is 4.42. The van der Waals surface area contributed by atoms with Crippen LogP contribution in [0.25, 0.3) is 0 Å². The molecular formula is C14H21N5S. The summed E-state index contributed by atoms with van der Waals surface area (Å²) in [4.78, 5) is 0. The van der Waals surface area contributed by atoms with E-state index < -0.39 is 0 Å². The van der Waals surface area contributed by atoms with Crippen LogP contribution in [0.3, 0.4) is 0 Å². The molecule has 0 bridgehead atoms. The number of hydrogen-bond donors (Lipinski definition) is 1. The molecule has 2 aromatic rings. The first-order valence-electron chi connectivity index (χ1n) is 7.41. The van der Waals surface area contributed by atoms with Crippen LogP contribution in [0.4, 0.5) is 0 Å². The van der Waals surface area contributed by atoms with Crippen molar-refractivity contribution in [2.24, 2.45) is 0 Å². The monoisotopic (exact) mass is 291 g/mol. The molecule has 2 heterocycles. The van der Waals surface area contributed by atoms with Crippen molar-refractivity contribution in [2.75, 3.05) is 6.54 Å². The number of nitrogens with one attached hydrogen (secondary N) is 1. The highest BCUT2D eigenvalue weighted by Crippen LogP contribution is 2.29. The van der Waals surface area contributed by atoms with E-state index in [0.29, 0.717) is 6.04 Å². The molecule has 6 heteroatoms. The zero-order chi connectivity index (χ0) is 13.8. The number of nitrogens with zero attached hydrogens (tertiary/aromatic N) is 4. The Morgan fingerprint density at radius 3 is 3.00 bits per heavy atom. The molecule has 3 rings (SSSR count). The Labute approximate surface area is 123 Å². The van der Waals surface area contributed by atoms with E-state index in [2.05, 4.69) is 37.9 Å². The molecule has 0 amide bonds. The van der Waals surface area contributed by atoms with E-state index in [0.717, 1.165) is 24.4 Å². The molecule has 1 aliphatic carbocycles. The van der Waals surface area contributed by atoms with Crippen LogP contribution in [0.2, 0.25) is 0 Å². The fourth-order valence-electron chi connectivity index (χ4n) is 2.92. The van der Waals surface area contributed by atoms with Crippen LogP contribution in [0.15, 0.2) is 18.5 Å². The molecule has 2 aromatic heterocycles. The zero-order valence-corrected chi connectivity index (χ0v) is 12.6. The second-order valence-electron chi connectivity index (χ2n) is 5.37. The van der Waals surface area contributed by atoms with Gasteiger partial charge < -0.3 is 5.32 Å². The molecule has 0 spiro atoms. The summed E-state index contributed by atoms with van der Waals surface area (Å²) < 4.78 is 10.6. The third kappa shape index (κ3) is 3.07. The topological polar surface area (TPSA) is 55.6 Å². The molecule has 0 radical (unpaired) electrons. The van der Waals surface area contributed by atoms with Crippen molar-refractivity contribution in [3.05, 3.63) is 29.8 Å². The Morgan fingerprint density at radius 2 is 2.30 bits per heavy atom. The summed E-state index contributed by atoms with van der Waals surface area (Å²) >= 11 is 1.26. The molecule has 1 unspecified atom stereocenters. The summed E-state index contributed by atoms with van der Waals surface area (Å²) in [6.07, 6.45) is 10.1. The van der Waals surface area contributed by atoms with Crippen molar-refractivity contribution in [3.63, 3.8) is 0 Å². The SMILES string of the molecule is CCNC(Cc1ccn(C2CCCC2)n1)c1cnsn1. The van der Waals surface area contributed by atoms with Gasteiger partial charge in [-0.1, -0.05) is 19.8 Å². The molecule has 1 saturated carbocycles. The van der Waals surface area contributed by atoms with E-state index in [1.54, 1.807) is 0 Å². The molecule has 0 saturated heterocycles. The minimum Gasteiger partial charge on any atom is -0.309 e. The van der Waals surface area contributed by atoms with Gasteiger partial charge in [0.2, 0.25) is 0 Å². The molecule has 1 N–H and O–H groups in total. The van der Waals surface area contributed by atoms with Crippen molar-refractivity contribution >= 4 is 11.7 Å².